The molecule has 0 atom stereocenters. The van der Waals surface area contributed by atoms with Crippen molar-refractivity contribution < 1.29 is 23.5 Å². The number of oxime groups is 1. The van der Waals surface area contributed by atoms with Gasteiger partial charge in [-0.3, -0.25) is 4.79 Å². The molecule has 0 spiro atoms. The predicted octanol–water partition coefficient (Wildman–Crippen LogP) is 4.38. The van der Waals surface area contributed by atoms with Gasteiger partial charge in [-0.15, -0.1) is 0 Å². The van der Waals surface area contributed by atoms with Crippen LogP contribution in [0.3, 0.4) is 0 Å². The van der Waals surface area contributed by atoms with E-state index in [0.717, 1.165) is 24.4 Å². The number of rotatable bonds is 2. The lowest BCUT2D eigenvalue weighted by atomic mass is 9.94. The SMILES string of the molecule is O=c1[nH]c2ccc(C(F)(F)F)cc2c(-c2cc(Cl)ccc2O)c1C=NO. The molecule has 3 rings (SSSR count). The molecule has 0 saturated heterocycles. The van der Waals surface area contributed by atoms with E-state index in [4.69, 9.17) is 16.8 Å². The van der Waals surface area contributed by atoms with Crippen LogP contribution in [-0.4, -0.2) is 21.5 Å². The van der Waals surface area contributed by atoms with Crippen LogP contribution >= 0.6 is 11.6 Å². The van der Waals surface area contributed by atoms with Crippen molar-refractivity contribution in [2.45, 2.75) is 6.18 Å². The van der Waals surface area contributed by atoms with Crippen molar-refractivity contribution in [3.63, 3.8) is 0 Å². The van der Waals surface area contributed by atoms with Crippen molar-refractivity contribution in [3.8, 4) is 16.9 Å². The molecule has 0 fully saturated rings. The number of aromatic nitrogens is 1. The van der Waals surface area contributed by atoms with Crippen LogP contribution in [0.5, 0.6) is 5.75 Å². The normalized spacial score (nSPS) is 12.2. The minimum Gasteiger partial charge on any atom is -0.507 e. The lowest BCUT2D eigenvalue weighted by molar-refractivity contribution is -0.137. The van der Waals surface area contributed by atoms with Crippen molar-refractivity contribution in [1.29, 1.82) is 0 Å². The Morgan fingerprint density at radius 3 is 2.54 bits per heavy atom. The van der Waals surface area contributed by atoms with Gasteiger partial charge in [0.15, 0.2) is 0 Å². The zero-order chi connectivity index (χ0) is 19.1. The van der Waals surface area contributed by atoms with E-state index >= 15 is 0 Å². The maximum absolute atomic E-state index is 13.1. The van der Waals surface area contributed by atoms with E-state index in [-0.39, 0.29) is 38.4 Å². The van der Waals surface area contributed by atoms with Crippen molar-refractivity contribution in [3.05, 3.63) is 62.9 Å². The van der Waals surface area contributed by atoms with Gasteiger partial charge in [-0.25, -0.2) is 0 Å². The molecule has 9 heteroatoms. The molecule has 1 aromatic heterocycles. The lowest BCUT2D eigenvalue weighted by Crippen LogP contribution is -2.15. The summed E-state index contributed by atoms with van der Waals surface area (Å²) in [4.78, 5) is 14.7. The fourth-order valence-electron chi connectivity index (χ4n) is 2.66. The van der Waals surface area contributed by atoms with Crippen LogP contribution in [-0.2, 0) is 6.18 Å². The topological polar surface area (TPSA) is 85.7 Å². The molecule has 0 aliphatic rings. The van der Waals surface area contributed by atoms with E-state index < -0.39 is 17.3 Å². The molecule has 1 heterocycles. The number of hydrogen-bond donors (Lipinski definition) is 3. The summed E-state index contributed by atoms with van der Waals surface area (Å²) in [6, 6.07) is 6.73. The van der Waals surface area contributed by atoms with Crippen molar-refractivity contribution >= 4 is 28.7 Å². The number of alkyl halides is 3. The molecule has 3 N–H and O–H groups in total. The maximum atomic E-state index is 13.1. The van der Waals surface area contributed by atoms with E-state index in [9.17, 15) is 23.1 Å². The molecule has 0 bridgehead atoms. The predicted molar refractivity (Wildman–Crippen MR) is 91.1 cm³/mol. The van der Waals surface area contributed by atoms with Crippen LogP contribution in [0.15, 0.2) is 46.3 Å². The highest BCUT2D eigenvalue weighted by Gasteiger charge is 2.31. The van der Waals surface area contributed by atoms with Crippen LogP contribution < -0.4 is 5.56 Å². The zero-order valence-electron chi connectivity index (χ0n) is 12.8. The number of benzene rings is 2. The molecule has 0 amide bonds. The minimum atomic E-state index is -4.61. The molecule has 5 nitrogen and oxygen atoms in total. The van der Waals surface area contributed by atoms with E-state index in [1.165, 1.54) is 18.2 Å². The average Bonchev–Trinajstić information content (AvgIpc) is 2.57. The molecular weight excluding hydrogens is 373 g/mol. The van der Waals surface area contributed by atoms with Crippen LogP contribution in [0.25, 0.3) is 22.0 Å². The number of aromatic hydroxyl groups is 1. The molecule has 2 aromatic carbocycles. The Morgan fingerprint density at radius 2 is 1.88 bits per heavy atom. The summed E-state index contributed by atoms with van der Waals surface area (Å²) in [5.41, 5.74) is -1.75. The Morgan fingerprint density at radius 1 is 1.15 bits per heavy atom. The lowest BCUT2D eigenvalue weighted by Gasteiger charge is -2.14. The van der Waals surface area contributed by atoms with Crippen LogP contribution in [0.4, 0.5) is 13.2 Å². The maximum Gasteiger partial charge on any atom is 0.416 e. The summed E-state index contributed by atoms with van der Waals surface area (Å²) in [5, 5.41) is 22.0. The molecule has 0 saturated carbocycles. The van der Waals surface area contributed by atoms with E-state index in [1.807, 2.05) is 0 Å². The monoisotopic (exact) mass is 382 g/mol. The summed E-state index contributed by atoms with van der Waals surface area (Å²) in [5.74, 6) is -0.300. The molecule has 0 unspecified atom stereocenters. The van der Waals surface area contributed by atoms with E-state index in [2.05, 4.69) is 10.1 Å². The Kier molecular flexibility index (Phi) is 4.37. The van der Waals surface area contributed by atoms with Gasteiger partial charge in [-0.05, 0) is 36.4 Å². The first kappa shape index (κ1) is 17.8. The zero-order valence-corrected chi connectivity index (χ0v) is 13.6. The summed E-state index contributed by atoms with van der Waals surface area (Å²) >= 11 is 5.93. The first-order chi connectivity index (χ1) is 12.2. The van der Waals surface area contributed by atoms with E-state index in [0.29, 0.717) is 0 Å². The second kappa shape index (κ2) is 6.38. The first-order valence-electron chi connectivity index (χ1n) is 7.16. The van der Waals surface area contributed by atoms with Crippen molar-refractivity contribution in [2.24, 2.45) is 5.16 Å². The summed E-state index contributed by atoms with van der Waals surface area (Å²) in [6.07, 6.45) is -3.82. The number of halogens is 4. The summed E-state index contributed by atoms with van der Waals surface area (Å²) < 4.78 is 39.3. The second-order valence-corrected chi connectivity index (χ2v) is 5.84. The Labute approximate surface area is 149 Å². The molecule has 134 valence electrons. The van der Waals surface area contributed by atoms with Gasteiger partial charge >= 0.3 is 6.18 Å². The minimum absolute atomic E-state index is 0.00638. The van der Waals surface area contributed by atoms with Gasteiger partial charge in [0.25, 0.3) is 5.56 Å². The number of hydrogen-bond acceptors (Lipinski definition) is 4. The third-order valence-electron chi connectivity index (χ3n) is 3.79. The van der Waals surface area contributed by atoms with Crippen molar-refractivity contribution in [2.75, 3.05) is 0 Å². The highest BCUT2D eigenvalue weighted by atomic mass is 35.5. The largest absolute Gasteiger partial charge is 0.507 e. The van der Waals surface area contributed by atoms with Crippen LogP contribution in [0.1, 0.15) is 11.1 Å². The quantitative estimate of drug-likeness (QED) is 0.349. The summed E-state index contributed by atoms with van der Waals surface area (Å²) in [7, 11) is 0. The number of aromatic amines is 1. The number of nitrogens with zero attached hydrogens (tertiary/aromatic N) is 1. The average molecular weight is 383 g/mol. The van der Waals surface area contributed by atoms with Gasteiger partial charge in [0, 0.05) is 27.1 Å². The highest BCUT2D eigenvalue weighted by Crippen LogP contribution is 2.39. The number of pyridine rings is 1. The molecular formula is C17H10ClF3N2O3. The molecule has 0 aliphatic heterocycles. The second-order valence-electron chi connectivity index (χ2n) is 5.41. The Hall–Kier alpha value is -3.00. The molecule has 3 aromatic rings. The number of fused-ring (bicyclic) bond motifs is 1. The fourth-order valence-corrected chi connectivity index (χ4v) is 2.84. The third kappa shape index (κ3) is 3.11. The number of H-pyrrole nitrogens is 1. The Balaban J connectivity index is 2.52. The van der Waals surface area contributed by atoms with Crippen LogP contribution in [0.2, 0.25) is 5.02 Å². The fraction of sp³-hybridized carbons (Fsp3) is 0.0588. The van der Waals surface area contributed by atoms with Gasteiger partial charge in [0.05, 0.1) is 17.3 Å². The van der Waals surface area contributed by atoms with Gasteiger partial charge in [-0.2, -0.15) is 13.2 Å². The third-order valence-corrected chi connectivity index (χ3v) is 4.03. The highest BCUT2D eigenvalue weighted by molar-refractivity contribution is 6.31. The summed E-state index contributed by atoms with van der Waals surface area (Å²) in [6.45, 7) is 0. The molecule has 0 aliphatic carbocycles. The van der Waals surface area contributed by atoms with Crippen molar-refractivity contribution in [1.82, 2.24) is 4.98 Å². The van der Waals surface area contributed by atoms with Gasteiger partial charge in [0.2, 0.25) is 0 Å². The molecule has 0 radical (unpaired) electrons. The number of phenols is 1. The van der Waals surface area contributed by atoms with Crippen LogP contribution in [0, 0.1) is 0 Å². The smallest absolute Gasteiger partial charge is 0.416 e. The van der Waals surface area contributed by atoms with E-state index in [1.54, 1.807) is 0 Å². The number of nitrogens with one attached hydrogen (secondary N) is 1. The van der Waals surface area contributed by atoms with Gasteiger partial charge in [0.1, 0.15) is 5.75 Å². The first-order valence-corrected chi connectivity index (χ1v) is 7.53. The Bertz CT molecular complexity index is 1090. The standard InChI is InChI=1S/C17H10ClF3N2O3/c18-9-2-4-14(24)11(6-9)15-10-5-8(17(19,20)21)1-3-13(10)23-16(25)12(15)7-22-26/h1-7,24,26H,(H,23,25). The van der Waals surface area contributed by atoms with Gasteiger partial charge < -0.3 is 15.3 Å². The molecule has 26 heavy (non-hydrogen) atoms. The van der Waals surface area contributed by atoms with Gasteiger partial charge in [-0.1, -0.05) is 16.8 Å². The number of phenolic OH excluding ortho intramolecular Hbond substituents is 1.